The third-order valence-electron chi connectivity index (χ3n) is 3.34. The molecule has 0 saturated carbocycles. The second kappa shape index (κ2) is 7.86. The Balaban J connectivity index is 2.72. The Morgan fingerprint density at radius 1 is 1.29 bits per heavy atom. The molecule has 1 aromatic rings. The molecule has 0 heterocycles. The molecule has 2 N–H and O–H groups in total. The van der Waals surface area contributed by atoms with Crippen molar-refractivity contribution in [2.45, 2.75) is 39.3 Å². The lowest BCUT2D eigenvalue weighted by atomic mass is 10.1. The van der Waals surface area contributed by atoms with Crippen LogP contribution in [0.25, 0.3) is 0 Å². The number of nitrogens with zero attached hydrogens (tertiary/aromatic N) is 1. The number of amides is 1. The molecule has 132 valence electrons. The molecule has 0 saturated heterocycles. The summed E-state index contributed by atoms with van der Waals surface area (Å²) in [4.78, 5) is 25.0. The van der Waals surface area contributed by atoms with Crippen LogP contribution in [0, 0.1) is 6.92 Å². The van der Waals surface area contributed by atoms with E-state index < -0.39 is 17.6 Å². The number of carboxylic acids is 1. The lowest BCUT2D eigenvalue weighted by Crippen LogP contribution is -2.47. The van der Waals surface area contributed by atoms with E-state index in [-0.39, 0.29) is 18.3 Å². The Morgan fingerprint density at radius 3 is 2.29 bits per heavy atom. The third kappa shape index (κ3) is 5.95. The lowest BCUT2D eigenvalue weighted by molar-refractivity contribution is -0.143. The number of aliphatic carboxylic acids is 1. The van der Waals surface area contributed by atoms with E-state index in [1.54, 1.807) is 19.2 Å². The average molecular weight is 334 g/mol. The predicted molar refractivity (Wildman–Crippen MR) is 92.7 cm³/mol. The van der Waals surface area contributed by atoms with E-state index in [4.69, 9.17) is 4.74 Å². The van der Waals surface area contributed by atoms with Crippen molar-refractivity contribution in [1.29, 1.82) is 0 Å². The van der Waals surface area contributed by atoms with Crippen LogP contribution in [-0.2, 0) is 9.53 Å². The summed E-state index contributed by atoms with van der Waals surface area (Å²) in [5.41, 5.74) is 1.04. The second-order valence-electron chi connectivity index (χ2n) is 6.65. The van der Waals surface area contributed by atoms with Gasteiger partial charge in [0.2, 0.25) is 0 Å². The summed E-state index contributed by atoms with van der Waals surface area (Å²) in [5, 5.41) is 12.1. The first-order valence-electron chi connectivity index (χ1n) is 7.69. The molecule has 0 aromatic heterocycles. The maximum Gasteiger partial charge on any atom is 0.328 e. The highest BCUT2D eigenvalue weighted by Crippen LogP contribution is 2.16. The molecular weight excluding hydrogens is 308 g/mol. The van der Waals surface area contributed by atoms with Gasteiger partial charge in [0.15, 0.2) is 5.88 Å². The summed E-state index contributed by atoms with van der Waals surface area (Å²) in [6.07, 6.45) is 0. The fourth-order valence-electron chi connectivity index (χ4n) is 1.99. The molecule has 0 aliphatic heterocycles. The van der Waals surface area contributed by atoms with Gasteiger partial charge in [-0.25, -0.2) is 4.79 Å². The predicted octanol–water partition coefficient (Wildman–Crippen LogP) is 2.40. The Labute approximate surface area is 143 Å². The van der Waals surface area contributed by atoms with Gasteiger partial charge < -0.3 is 20.1 Å². The first-order chi connectivity index (χ1) is 11.0. The minimum Gasteiger partial charge on any atom is -0.480 e. The summed E-state index contributed by atoms with van der Waals surface area (Å²) in [5.74, 6) is -1.16. The molecule has 0 fully saturated rings. The zero-order chi connectivity index (χ0) is 18.5. The number of benzene rings is 1. The van der Waals surface area contributed by atoms with Gasteiger partial charge in [-0.15, -0.1) is 0 Å². The minimum absolute atomic E-state index is 0.0644. The van der Waals surface area contributed by atoms with Gasteiger partial charge in [0.05, 0.1) is 0 Å². The quantitative estimate of drug-likeness (QED) is 0.749. The Hall–Kier alpha value is -2.50. The summed E-state index contributed by atoms with van der Waals surface area (Å²) in [6, 6.07) is 6.08. The molecule has 0 aliphatic rings. The number of ether oxygens (including phenoxy) is 1. The van der Waals surface area contributed by atoms with Crippen molar-refractivity contribution in [2.75, 3.05) is 13.6 Å². The first-order valence-corrected chi connectivity index (χ1v) is 7.69. The summed E-state index contributed by atoms with van der Waals surface area (Å²) in [7, 11) is 1.57. The van der Waals surface area contributed by atoms with E-state index in [1.165, 1.54) is 4.90 Å². The van der Waals surface area contributed by atoms with Crippen LogP contribution >= 0.6 is 0 Å². The van der Waals surface area contributed by atoms with E-state index in [0.717, 1.165) is 5.56 Å². The Kier molecular flexibility index (Phi) is 6.40. The summed E-state index contributed by atoms with van der Waals surface area (Å²) >= 11 is 0. The molecule has 6 nitrogen and oxygen atoms in total. The van der Waals surface area contributed by atoms with Crippen molar-refractivity contribution in [3.05, 3.63) is 47.9 Å². The molecule has 1 aromatic carbocycles. The van der Waals surface area contributed by atoms with Crippen LogP contribution in [0.1, 0.15) is 36.7 Å². The maximum absolute atomic E-state index is 12.1. The lowest BCUT2D eigenvalue weighted by Gasteiger charge is -2.32. The molecule has 0 radical (unpaired) electrons. The van der Waals surface area contributed by atoms with Crippen molar-refractivity contribution in [3.63, 3.8) is 0 Å². The number of likely N-dealkylation sites (N-methyl/N-ethyl adjacent to an activating group) is 1. The topological polar surface area (TPSA) is 78.9 Å². The Bertz CT molecular complexity index is 602. The monoisotopic (exact) mass is 334 g/mol. The van der Waals surface area contributed by atoms with Crippen molar-refractivity contribution in [1.82, 2.24) is 10.2 Å². The van der Waals surface area contributed by atoms with E-state index >= 15 is 0 Å². The number of carbonyl (C=O) groups is 2. The van der Waals surface area contributed by atoms with Crippen molar-refractivity contribution >= 4 is 11.9 Å². The van der Waals surface area contributed by atoms with Crippen LogP contribution in [0.2, 0.25) is 0 Å². The average Bonchev–Trinajstić information content (AvgIpc) is 2.45. The fourth-order valence-corrected chi connectivity index (χ4v) is 1.99. The van der Waals surface area contributed by atoms with Gasteiger partial charge in [-0.2, -0.15) is 0 Å². The number of rotatable bonds is 7. The van der Waals surface area contributed by atoms with E-state index in [2.05, 4.69) is 11.9 Å². The highest BCUT2D eigenvalue weighted by molar-refractivity contribution is 5.94. The Morgan fingerprint density at radius 2 is 1.83 bits per heavy atom. The zero-order valence-corrected chi connectivity index (χ0v) is 14.9. The molecule has 24 heavy (non-hydrogen) atoms. The van der Waals surface area contributed by atoms with Crippen LogP contribution < -0.4 is 5.32 Å². The van der Waals surface area contributed by atoms with Gasteiger partial charge in [0.25, 0.3) is 5.91 Å². The van der Waals surface area contributed by atoms with E-state index in [1.807, 2.05) is 39.8 Å². The van der Waals surface area contributed by atoms with E-state index in [0.29, 0.717) is 5.56 Å². The number of aryl methyl sites for hydroxylation is 1. The molecule has 0 spiro atoms. The van der Waals surface area contributed by atoms with Crippen LogP contribution in [0.3, 0.4) is 0 Å². The van der Waals surface area contributed by atoms with Crippen LogP contribution in [-0.4, -0.2) is 47.1 Å². The highest BCUT2D eigenvalue weighted by Gasteiger charge is 2.27. The van der Waals surface area contributed by atoms with Gasteiger partial charge in [-0.1, -0.05) is 17.7 Å². The molecule has 1 amide bonds. The molecule has 1 rings (SSSR count). The van der Waals surface area contributed by atoms with Crippen LogP contribution in [0.15, 0.2) is 36.7 Å². The molecule has 0 bridgehead atoms. The number of carboxylic acid groups (broad SMARTS) is 1. The zero-order valence-electron chi connectivity index (χ0n) is 14.9. The van der Waals surface area contributed by atoms with Crippen LogP contribution in [0.5, 0.6) is 0 Å². The second-order valence-corrected chi connectivity index (χ2v) is 6.65. The third-order valence-corrected chi connectivity index (χ3v) is 3.34. The van der Waals surface area contributed by atoms with Crippen molar-refractivity contribution in [3.8, 4) is 0 Å². The van der Waals surface area contributed by atoms with Crippen molar-refractivity contribution < 1.29 is 19.4 Å². The van der Waals surface area contributed by atoms with Crippen LogP contribution in [0.4, 0.5) is 0 Å². The molecule has 1 atom stereocenters. The SMILES string of the molecule is C=C(OC(C)(C)C)N(C)[C@@H](CNC(=O)c1ccc(C)cc1)C(=O)O. The molecule has 0 aliphatic carbocycles. The van der Waals surface area contributed by atoms with Gasteiger partial charge >= 0.3 is 5.97 Å². The standard InChI is InChI=1S/C18H26N2O4/c1-12-7-9-14(10-8-12)16(21)19-11-15(17(22)23)20(6)13(2)24-18(3,4)5/h7-10,15H,2,11H2,1,3-6H3,(H,19,21)(H,22,23)/t15-/m0/s1. The smallest absolute Gasteiger partial charge is 0.328 e. The normalized spacial score (nSPS) is 12.2. The first kappa shape index (κ1) is 19.5. The number of carbonyl (C=O) groups excluding carboxylic acids is 1. The molecular formula is C18H26N2O4. The van der Waals surface area contributed by atoms with Gasteiger partial charge in [-0.3, -0.25) is 4.79 Å². The number of hydrogen-bond acceptors (Lipinski definition) is 4. The summed E-state index contributed by atoms with van der Waals surface area (Å²) < 4.78 is 5.59. The molecule has 6 heteroatoms. The number of nitrogens with one attached hydrogen (secondary N) is 1. The van der Waals surface area contributed by atoms with Gasteiger partial charge in [0, 0.05) is 19.2 Å². The summed E-state index contributed by atoms with van der Waals surface area (Å²) in [6.45, 7) is 11.2. The fraction of sp³-hybridized carbons (Fsp3) is 0.444. The van der Waals surface area contributed by atoms with Gasteiger partial charge in [0.1, 0.15) is 11.6 Å². The largest absolute Gasteiger partial charge is 0.480 e. The molecule has 0 unspecified atom stereocenters. The number of hydrogen-bond donors (Lipinski definition) is 2. The van der Waals surface area contributed by atoms with Crippen molar-refractivity contribution in [2.24, 2.45) is 0 Å². The maximum atomic E-state index is 12.1. The van der Waals surface area contributed by atoms with Gasteiger partial charge in [-0.05, 0) is 46.4 Å². The van der Waals surface area contributed by atoms with E-state index in [9.17, 15) is 14.7 Å². The minimum atomic E-state index is -1.07. The highest BCUT2D eigenvalue weighted by atomic mass is 16.5.